The number of aliphatic hydroxyl groups is 1. The molecule has 1 aromatic carbocycles. The number of hydrogen-bond acceptors (Lipinski definition) is 4. The highest BCUT2D eigenvalue weighted by atomic mass is 35.5. The monoisotopic (exact) mass is 368 g/mol. The third-order valence-electron chi connectivity index (χ3n) is 3.97. The molecule has 130 valence electrons. The molecule has 2 rings (SSSR count). The smallest absolute Gasteiger partial charge is 0.257 e. The normalized spacial score (nSPS) is 18.2. The molecule has 1 aliphatic heterocycles. The Morgan fingerprint density at radius 3 is 2.71 bits per heavy atom. The van der Waals surface area contributed by atoms with Crippen LogP contribution in [0.2, 0.25) is 5.02 Å². The minimum atomic E-state index is -0.397. The van der Waals surface area contributed by atoms with Crippen LogP contribution in [-0.2, 0) is 4.79 Å². The Labute approximate surface area is 152 Å². The van der Waals surface area contributed by atoms with Crippen molar-refractivity contribution in [3.63, 3.8) is 0 Å². The van der Waals surface area contributed by atoms with Gasteiger partial charge in [0, 0.05) is 12.5 Å². The van der Waals surface area contributed by atoms with Crippen molar-refractivity contribution in [3.05, 3.63) is 34.6 Å². The minimum absolute atomic E-state index is 0.00439. The van der Waals surface area contributed by atoms with E-state index in [2.05, 4.69) is 10.6 Å². The van der Waals surface area contributed by atoms with E-state index in [0.29, 0.717) is 23.0 Å². The van der Waals surface area contributed by atoms with E-state index in [0.717, 1.165) is 0 Å². The first-order chi connectivity index (χ1) is 11.2. The highest BCUT2D eigenvalue weighted by molar-refractivity contribution is 7.81. The first-order valence-corrected chi connectivity index (χ1v) is 8.30. The molecule has 7 heteroatoms. The second-order valence-corrected chi connectivity index (χ2v) is 7.48. The predicted molar refractivity (Wildman–Crippen MR) is 99.8 cm³/mol. The summed E-state index contributed by atoms with van der Waals surface area (Å²) in [5.74, 6) is -0.187. The van der Waals surface area contributed by atoms with Crippen LogP contribution in [0.15, 0.2) is 29.5 Å². The fourth-order valence-electron chi connectivity index (χ4n) is 2.61. The molecule has 0 bridgehead atoms. The summed E-state index contributed by atoms with van der Waals surface area (Å²) in [5, 5.41) is 16.8. The molecule has 0 radical (unpaired) electrons. The predicted octanol–water partition coefficient (Wildman–Crippen LogP) is 3.69. The molecule has 1 heterocycles. The number of para-hydroxylation sites is 1. The van der Waals surface area contributed by atoms with E-state index < -0.39 is 5.91 Å². The fraction of sp³-hybridized carbons (Fsp3) is 0.412. The Hall–Kier alpha value is -1.79. The van der Waals surface area contributed by atoms with Crippen molar-refractivity contribution in [1.29, 1.82) is 0 Å². The van der Waals surface area contributed by atoms with E-state index in [9.17, 15) is 9.90 Å². The topological polar surface area (TPSA) is 70.6 Å². The lowest BCUT2D eigenvalue weighted by Crippen LogP contribution is -2.45. The average Bonchev–Trinajstić information content (AvgIpc) is 2.46. The summed E-state index contributed by atoms with van der Waals surface area (Å²) in [6.45, 7) is 6.37. The lowest BCUT2D eigenvalue weighted by Gasteiger charge is -2.34. The lowest BCUT2D eigenvalue weighted by atomic mass is 9.77. The summed E-state index contributed by atoms with van der Waals surface area (Å²) in [6.07, 6.45) is 0. The number of rotatable bonds is 3. The second kappa shape index (κ2) is 6.99. The summed E-state index contributed by atoms with van der Waals surface area (Å²) in [5.41, 5.74) is 0.394. The number of methoxy groups -OCH3 is 1. The van der Waals surface area contributed by atoms with Gasteiger partial charge in [0.15, 0.2) is 5.75 Å². The number of anilines is 1. The van der Waals surface area contributed by atoms with Crippen molar-refractivity contribution in [2.75, 3.05) is 19.0 Å². The molecule has 0 saturated heterocycles. The third kappa shape index (κ3) is 3.65. The van der Waals surface area contributed by atoms with Gasteiger partial charge in [-0.15, -0.1) is 0 Å². The lowest BCUT2D eigenvalue weighted by molar-refractivity contribution is -0.118. The van der Waals surface area contributed by atoms with Crippen molar-refractivity contribution < 1.29 is 14.6 Å². The quantitative estimate of drug-likeness (QED) is 0.710. The molecule has 1 unspecified atom stereocenters. The standard InChI is InChI=1S/C17H21ClN2O3S/c1-17(2,3)9-8-19-15(22)12(13(9)21)16(24)20-11-7-5-6-10(18)14(11)23-4/h5-7,9,21H,8H2,1-4H3,(H,19,22)(H,20,24). The molecule has 5 nitrogen and oxygen atoms in total. The van der Waals surface area contributed by atoms with Crippen LogP contribution in [-0.4, -0.2) is 29.7 Å². The van der Waals surface area contributed by atoms with Crippen molar-refractivity contribution in [3.8, 4) is 5.75 Å². The first kappa shape index (κ1) is 18.5. The van der Waals surface area contributed by atoms with E-state index in [1.54, 1.807) is 18.2 Å². The van der Waals surface area contributed by atoms with E-state index in [1.165, 1.54) is 7.11 Å². The second-order valence-electron chi connectivity index (χ2n) is 6.66. The molecule has 0 fully saturated rings. The van der Waals surface area contributed by atoms with E-state index >= 15 is 0 Å². The van der Waals surface area contributed by atoms with Gasteiger partial charge < -0.3 is 20.5 Å². The van der Waals surface area contributed by atoms with Gasteiger partial charge in [-0.05, 0) is 17.5 Å². The molecule has 24 heavy (non-hydrogen) atoms. The highest BCUT2D eigenvalue weighted by Gasteiger charge is 2.37. The number of carbonyl (C=O) groups is 1. The molecule has 0 aliphatic carbocycles. The van der Waals surface area contributed by atoms with Gasteiger partial charge in [-0.3, -0.25) is 4.79 Å². The van der Waals surface area contributed by atoms with Crippen molar-refractivity contribution >= 4 is 40.4 Å². The minimum Gasteiger partial charge on any atom is -0.511 e. The maximum Gasteiger partial charge on any atom is 0.257 e. The van der Waals surface area contributed by atoms with Crippen molar-refractivity contribution in [1.82, 2.24) is 5.32 Å². The molecule has 1 amide bonds. The molecule has 0 saturated carbocycles. The first-order valence-electron chi connectivity index (χ1n) is 7.52. The summed E-state index contributed by atoms with van der Waals surface area (Å²) in [4.78, 5) is 12.3. The molecule has 1 aliphatic rings. The summed E-state index contributed by atoms with van der Waals surface area (Å²) in [6, 6.07) is 5.16. The van der Waals surface area contributed by atoms with Crippen LogP contribution >= 0.6 is 23.8 Å². The van der Waals surface area contributed by atoms with Gasteiger partial charge in [0.1, 0.15) is 16.3 Å². The van der Waals surface area contributed by atoms with E-state index in [4.69, 9.17) is 28.6 Å². The van der Waals surface area contributed by atoms with Crippen LogP contribution in [0.4, 0.5) is 5.69 Å². The Balaban J connectivity index is 2.38. The number of ether oxygens (including phenoxy) is 1. The van der Waals surface area contributed by atoms with Crippen LogP contribution in [0.5, 0.6) is 5.75 Å². The third-order valence-corrected chi connectivity index (χ3v) is 4.58. The van der Waals surface area contributed by atoms with Gasteiger partial charge >= 0.3 is 0 Å². The zero-order valence-corrected chi connectivity index (χ0v) is 15.6. The molecule has 3 N–H and O–H groups in total. The van der Waals surface area contributed by atoms with Gasteiger partial charge in [-0.25, -0.2) is 0 Å². The Kier molecular flexibility index (Phi) is 5.40. The molecular weight excluding hydrogens is 348 g/mol. The van der Waals surface area contributed by atoms with Gasteiger partial charge in [-0.2, -0.15) is 0 Å². The van der Waals surface area contributed by atoms with Crippen molar-refractivity contribution in [2.24, 2.45) is 11.3 Å². The highest BCUT2D eigenvalue weighted by Crippen LogP contribution is 2.36. The van der Waals surface area contributed by atoms with Crippen LogP contribution < -0.4 is 15.4 Å². The maximum atomic E-state index is 12.2. The summed E-state index contributed by atoms with van der Waals surface area (Å²) >= 11 is 11.4. The Bertz CT molecular complexity index is 710. The van der Waals surface area contributed by atoms with Gasteiger partial charge in [0.2, 0.25) is 0 Å². The zero-order chi connectivity index (χ0) is 18.1. The fourth-order valence-corrected chi connectivity index (χ4v) is 3.16. The zero-order valence-electron chi connectivity index (χ0n) is 14.1. The van der Waals surface area contributed by atoms with Gasteiger partial charge in [0.05, 0.1) is 17.8 Å². The number of benzene rings is 1. The van der Waals surface area contributed by atoms with Crippen LogP contribution in [0.1, 0.15) is 20.8 Å². The molecular formula is C17H21ClN2O3S. The Morgan fingerprint density at radius 2 is 2.12 bits per heavy atom. The number of aliphatic hydroxyl groups excluding tert-OH is 1. The number of carbonyl (C=O) groups excluding carboxylic acids is 1. The molecule has 1 aromatic rings. The van der Waals surface area contributed by atoms with Gasteiger partial charge in [-0.1, -0.05) is 50.7 Å². The average molecular weight is 369 g/mol. The molecule has 0 spiro atoms. The SMILES string of the molecule is COc1c(Cl)cccc1NC(=S)C1=C(O)C(C(C)(C)C)CNC1=O. The number of nitrogens with one attached hydrogen (secondary N) is 2. The maximum absolute atomic E-state index is 12.2. The van der Waals surface area contributed by atoms with Crippen LogP contribution in [0.3, 0.4) is 0 Å². The van der Waals surface area contributed by atoms with E-state index in [1.807, 2.05) is 20.8 Å². The van der Waals surface area contributed by atoms with Crippen LogP contribution in [0, 0.1) is 11.3 Å². The summed E-state index contributed by atoms with van der Waals surface area (Å²) < 4.78 is 5.26. The van der Waals surface area contributed by atoms with E-state index in [-0.39, 0.29) is 27.7 Å². The molecule has 1 atom stereocenters. The largest absolute Gasteiger partial charge is 0.511 e. The Morgan fingerprint density at radius 1 is 1.46 bits per heavy atom. The molecule has 0 aromatic heterocycles. The van der Waals surface area contributed by atoms with Crippen molar-refractivity contribution in [2.45, 2.75) is 20.8 Å². The number of hydrogen-bond donors (Lipinski definition) is 3. The number of thiocarbonyl (C=S) groups is 1. The van der Waals surface area contributed by atoms with Crippen LogP contribution in [0.25, 0.3) is 0 Å². The number of amides is 1. The number of halogens is 1. The van der Waals surface area contributed by atoms with Gasteiger partial charge in [0.25, 0.3) is 5.91 Å². The summed E-state index contributed by atoms with van der Waals surface area (Å²) in [7, 11) is 1.50.